The number of ether oxygens (including phenoxy) is 1. The lowest BCUT2D eigenvalue weighted by Crippen LogP contribution is -2.29. The summed E-state index contributed by atoms with van der Waals surface area (Å²) in [6.45, 7) is 6.66. The third-order valence-electron chi connectivity index (χ3n) is 6.06. The Labute approximate surface area is 185 Å². The van der Waals surface area contributed by atoms with Gasteiger partial charge in [0.2, 0.25) is 0 Å². The van der Waals surface area contributed by atoms with Crippen molar-refractivity contribution in [3.8, 4) is 27.6 Å². The molecule has 5 rings (SSSR count). The molecule has 4 aromatic rings. The fourth-order valence-corrected chi connectivity index (χ4v) is 5.44. The summed E-state index contributed by atoms with van der Waals surface area (Å²) in [5.41, 5.74) is 4.81. The Morgan fingerprint density at radius 3 is 2.77 bits per heavy atom. The van der Waals surface area contributed by atoms with Crippen LogP contribution in [0.1, 0.15) is 49.1 Å². The van der Waals surface area contributed by atoms with Crippen molar-refractivity contribution < 1.29 is 4.74 Å². The summed E-state index contributed by atoms with van der Waals surface area (Å²) >= 11 is 1.78. The van der Waals surface area contributed by atoms with Gasteiger partial charge in [0.1, 0.15) is 12.0 Å². The molecule has 0 saturated carbocycles. The van der Waals surface area contributed by atoms with Crippen molar-refractivity contribution in [3.63, 3.8) is 0 Å². The van der Waals surface area contributed by atoms with Crippen LogP contribution in [0.25, 0.3) is 27.5 Å². The van der Waals surface area contributed by atoms with Crippen LogP contribution in [0.15, 0.2) is 24.8 Å². The highest BCUT2D eigenvalue weighted by Crippen LogP contribution is 2.40. The first-order chi connectivity index (χ1) is 15.0. The summed E-state index contributed by atoms with van der Waals surface area (Å²) < 4.78 is 7.29. The molecule has 0 spiro atoms. The predicted molar refractivity (Wildman–Crippen MR) is 122 cm³/mol. The average molecular weight is 438 g/mol. The minimum absolute atomic E-state index is 0.287. The van der Waals surface area contributed by atoms with Crippen LogP contribution in [0.4, 0.5) is 0 Å². The van der Waals surface area contributed by atoms with Gasteiger partial charge < -0.3 is 9.64 Å². The van der Waals surface area contributed by atoms with Gasteiger partial charge in [0.05, 0.1) is 22.7 Å². The highest BCUT2D eigenvalue weighted by molar-refractivity contribution is 7.15. The van der Waals surface area contributed by atoms with E-state index in [0.717, 1.165) is 34.9 Å². The molecule has 1 N–H and O–H groups in total. The zero-order chi connectivity index (χ0) is 21.5. The Kier molecular flexibility index (Phi) is 5.23. The monoisotopic (exact) mass is 437 g/mol. The largest absolute Gasteiger partial charge is 0.493 e. The van der Waals surface area contributed by atoms with E-state index in [4.69, 9.17) is 14.8 Å². The SMILES string of the molecule is COc1cc(-c2[nH]nc(-c3cnc(C4CCN(C)CC4)s3)c2C(C)C)cn2ncnc12. The zero-order valence-electron chi connectivity index (χ0n) is 18.3. The number of pyridine rings is 1. The Hall–Kier alpha value is -2.78. The Balaban J connectivity index is 1.54. The topological polar surface area (TPSA) is 84.2 Å². The van der Waals surface area contributed by atoms with Crippen LogP contribution in [0.2, 0.25) is 0 Å². The van der Waals surface area contributed by atoms with E-state index in [1.807, 2.05) is 18.5 Å². The molecule has 1 aliphatic heterocycles. The number of rotatable bonds is 5. The number of methoxy groups -OCH3 is 1. The van der Waals surface area contributed by atoms with Gasteiger partial charge in [-0.1, -0.05) is 13.8 Å². The smallest absolute Gasteiger partial charge is 0.197 e. The molecule has 1 saturated heterocycles. The third-order valence-corrected chi connectivity index (χ3v) is 7.22. The summed E-state index contributed by atoms with van der Waals surface area (Å²) in [4.78, 5) is 12.6. The van der Waals surface area contributed by atoms with E-state index in [-0.39, 0.29) is 5.92 Å². The minimum atomic E-state index is 0.287. The first-order valence-electron chi connectivity index (χ1n) is 10.7. The zero-order valence-corrected chi connectivity index (χ0v) is 19.1. The van der Waals surface area contributed by atoms with Crippen molar-refractivity contribution >= 4 is 17.0 Å². The van der Waals surface area contributed by atoms with Crippen molar-refractivity contribution in [1.29, 1.82) is 0 Å². The van der Waals surface area contributed by atoms with Gasteiger partial charge in [-0.2, -0.15) is 10.2 Å². The number of thiazole rings is 1. The number of aromatic amines is 1. The van der Waals surface area contributed by atoms with Crippen molar-refractivity contribution in [3.05, 3.63) is 35.4 Å². The molecular weight excluding hydrogens is 410 g/mol. The van der Waals surface area contributed by atoms with Gasteiger partial charge in [-0.15, -0.1) is 11.3 Å². The molecule has 0 aliphatic carbocycles. The minimum Gasteiger partial charge on any atom is -0.493 e. The van der Waals surface area contributed by atoms with Crippen LogP contribution in [0.3, 0.4) is 0 Å². The molecule has 5 heterocycles. The van der Waals surface area contributed by atoms with Gasteiger partial charge in [-0.25, -0.2) is 14.5 Å². The van der Waals surface area contributed by atoms with Crippen molar-refractivity contribution in [2.24, 2.45) is 0 Å². The van der Waals surface area contributed by atoms with E-state index in [0.29, 0.717) is 17.3 Å². The van der Waals surface area contributed by atoms with E-state index in [2.05, 4.69) is 41.0 Å². The maximum Gasteiger partial charge on any atom is 0.197 e. The lowest BCUT2D eigenvalue weighted by Gasteiger charge is -2.27. The van der Waals surface area contributed by atoms with E-state index in [9.17, 15) is 0 Å². The molecule has 0 unspecified atom stereocenters. The molecule has 4 aromatic heterocycles. The molecule has 8 nitrogen and oxygen atoms in total. The normalized spacial score (nSPS) is 15.9. The summed E-state index contributed by atoms with van der Waals surface area (Å²) in [5, 5.41) is 13.5. The lowest BCUT2D eigenvalue weighted by atomic mass is 9.97. The molecule has 1 aliphatic rings. The second-order valence-corrected chi connectivity index (χ2v) is 9.54. The fourth-order valence-electron chi connectivity index (χ4n) is 4.34. The highest BCUT2D eigenvalue weighted by Gasteiger charge is 2.25. The molecule has 9 heteroatoms. The van der Waals surface area contributed by atoms with Gasteiger partial charge in [0.25, 0.3) is 0 Å². The summed E-state index contributed by atoms with van der Waals surface area (Å²) in [7, 11) is 3.84. The van der Waals surface area contributed by atoms with Crippen molar-refractivity contribution in [2.75, 3.05) is 27.2 Å². The molecule has 1 fully saturated rings. The average Bonchev–Trinajstić information content (AvgIpc) is 3.51. The number of piperidine rings is 1. The van der Waals surface area contributed by atoms with Crippen LogP contribution >= 0.6 is 11.3 Å². The van der Waals surface area contributed by atoms with Gasteiger partial charge >= 0.3 is 0 Å². The Morgan fingerprint density at radius 2 is 2.03 bits per heavy atom. The molecule has 0 amide bonds. The molecular formula is C22H27N7OS. The number of H-pyrrole nitrogens is 1. The first-order valence-corrected chi connectivity index (χ1v) is 11.5. The predicted octanol–water partition coefficient (Wildman–Crippen LogP) is 4.18. The second kappa shape index (κ2) is 8.05. The number of nitrogens with zero attached hydrogens (tertiary/aromatic N) is 6. The van der Waals surface area contributed by atoms with Crippen LogP contribution in [0, 0.1) is 0 Å². The van der Waals surface area contributed by atoms with Crippen LogP contribution in [0.5, 0.6) is 5.75 Å². The molecule has 31 heavy (non-hydrogen) atoms. The van der Waals surface area contributed by atoms with Crippen molar-refractivity contribution in [1.82, 2.24) is 34.7 Å². The maximum absolute atomic E-state index is 5.55. The first kappa shape index (κ1) is 20.1. The Bertz CT molecular complexity index is 1200. The number of fused-ring (bicyclic) bond motifs is 1. The second-order valence-electron chi connectivity index (χ2n) is 8.48. The number of hydrogen-bond acceptors (Lipinski definition) is 7. The van der Waals surface area contributed by atoms with E-state index in [1.54, 1.807) is 23.0 Å². The fraction of sp³-hybridized carbons (Fsp3) is 0.455. The number of hydrogen-bond donors (Lipinski definition) is 1. The molecule has 162 valence electrons. The molecule has 0 aromatic carbocycles. The van der Waals surface area contributed by atoms with E-state index in [1.165, 1.54) is 29.7 Å². The molecule has 0 radical (unpaired) electrons. The van der Waals surface area contributed by atoms with Gasteiger partial charge in [0.15, 0.2) is 11.4 Å². The maximum atomic E-state index is 5.55. The third kappa shape index (κ3) is 3.61. The van der Waals surface area contributed by atoms with Crippen LogP contribution < -0.4 is 4.74 Å². The summed E-state index contributed by atoms with van der Waals surface area (Å²) in [5.74, 6) is 1.52. The standard InChI is InChI=1S/C22H27N7OS/c1-13(2)18-19(15-9-16(30-4)21-24-12-25-29(21)11-15)26-27-20(18)17-10-23-22(31-17)14-5-7-28(3)8-6-14/h9-14H,5-8H2,1-4H3,(H,26,27). The van der Waals surface area contributed by atoms with Gasteiger partial charge in [0, 0.05) is 29.4 Å². The Morgan fingerprint density at radius 1 is 1.23 bits per heavy atom. The van der Waals surface area contributed by atoms with Crippen LogP contribution in [-0.4, -0.2) is 61.9 Å². The molecule has 0 bridgehead atoms. The van der Waals surface area contributed by atoms with Crippen molar-refractivity contribution in [2.45, 2.75) is 38.5 Å². The van der Waals surface area contributed by atoms with E-state index >= 15 is 0 Å². The quantitative estimate of drug-likeness (QED) is 0.504. The number of likely N-dealkylation sites (tertiary alicyclic amines) is 1. The summed E-state index contributed by atoms with van der Waals surface area (Å²) in [6, 6.07) is 1.99. The highest BCUT2D eigenvalue weighted by atomic mass is 32.1. The van der Waals surface area contributed by atoms with Crippen LogP contribution in [-0.2, 0) is 0 Å². The van der Waals surface area contributed by atoms with Gasteiger partial charge in [-0.3, -0.25) is 5.10 Å². The van der Waals surface area contributed by atoms with E-state index < -0.39 is 0 Å². The van der Waals surface area contributed by atoms with Gasteiger partial charge in [-0.05, 0) is 45.0 Å². The number of aromatic nitrogens is 6. The summed E-state index contributed by atoms with van der Waals surface area (Å²) in [6.07, 6.45) is 7.83. The number of nitrogens with one attached hydrogen (secondary N) is 1. The lowest BCUT2D eigenvalue weighted by molar-refractivity contribution is 0.255. The molecule has 0 atom stereocenters.